The molecule has 0 bridgehead atoms. The number of hydrogen-bond acceptors (Lipinski definition) is 5. The summed E-state index contributed by atoms with van der Waals surface area (Å²) in [6.07, 6.45) is 0.709. The summed E-state index contributed by atoms with van der Waals surface area (Å²) in [4.78, 5) is 29.9. The lowest BCUT2D eigenvalue weighted by Gasteiger charge is -2.17. The van der Waals surface area contributed by atoms with Crippen molar-refractivity contribution in [3.05, 3.63) is 63.7 Å². The van der Waals surface area contributed by atoms with E-state index in [-0.39, 0.29) is 11.6 Å². The first kappa shape index (κ1) is 21.8. The second-order valence-electron chi connectivity index (χ2n) is 6.81. The molecule has 3 aromatic rings. The second kappa shape index (κ2) is 9.71. The number of hydrogen-bond donors (Lipinski definition) is 3. The third-order valence-electron chi connectivity index (χ3n) is 4.45. The number of ether oxygens (including phenoxy) is 1. The van der Waals surface area contributed by atoms with Crippen LogP contribution in [0.15, 0.2) is 47.3 Å². The fraction of sp³-hybridized carbons (Fsp3) is 0.286. The fourth-order valence-corrected chi connectivity index (χ4v) is 3.33. The number of amides is 2. The van der Waals surface area contributed by atoms with Crippen LogP contribution in [-0.4, -0.2) is 35.8 Å². The normalized spacial score (nSPS) is 12.0. The van der Waals surface area contributed by atoms with E-state index in [1.807, 2.05) is 0 Å². The number of benzene rings is 2. The predicted octanol–water partition coefficient (Wildman–Crippen LogP) is 3.22. The van der Waals surface area contributed by atoms with E-state index in [4.69, 9.17) is 22.1 Å². The summed E-state index contributed by atoms with van der Waals surface area (Å²) in [5.74, 6) is 0.399. The highest BCUT2D eigenvalue weighted by Crippen LogP contribution is 2.23. The van der Waals surface area contributed by atoms with Crippen molar-refractivity contribution >= 4 is 34.2 Å². The number of nitrogens with two attached hydrogens (primary N) is 1. The first-order chi connectivity index (χ1) is 14.4. The molecule has 4 N–H and O–H groups in total. The number of anilines is 1. The molecule has 0 radical (unpaired) electrons. The van der Waals surface area contributed by atoms with Gasteiger partial charge in [-0.1, -0.05) is 23.7 Å². The molecule has 0 aliphatic carbocycles. The quantitative estimate of drug-likeness (QED) is 0.499. The van der Waals surface area contributed by atoms with E-state index in [2.05, 4.69) is 15.6 Å². The van der Waals surface area contributed by atoms with Crippen LogP contribution in [0.3, 0.4) is 0 Å². The lowest BCUT2D eigenvalue weighted by molar-refractivity contribution is 0.194. The Morgan fingerprint density at radius 1 is 1.30 bits per heavy atom. The minimum Gasteiger partial charge on any atom is -0.385 e. The van der Waals surface area contributed by atoms with Gasteiger partial charge in [0.1, 0.15) is 5.82 Å². The van der Waals surface area contributed by atoms with Crippen LogP contribution < -0.4 is 21.9 Å². The monoisotopic (exact) mass is 429 g/mol. The molecule has 9 heteroatoms. The average molecular weight is 430 g/mol. The van der Waals surface area contributed by atoms with Crippen LogP contribution in [0.5, 0.6) is 0 Å². The van der Waals surface area contributed by atoms with Gasteiger partial charge in [-0.05, 0) is 43.7 Å². The molecule has 1 aromatic heterocycles. The molecule has 1 unspecified atom stereocenters. The van der Waals surface area contributed by atoms with Crippen molar-refractivity contribution in [3.63, 3.8) is 0 Å². The minimum atomic E-state index is -0.498. The highest BCUT2D eigenvalue weighted by Gasteiger charge is 2.17. The molecule has 0 saturated carbocycles. The molecule has 1 atom stereocenters. The third-order valence-corrected chi connectivity index (χ3v) is 4.77. The van der Waals surface area contributed by atoms with E-state index in [1.165, 1.54) is 4.57 Å². The van der Waals surface area contributed by atoms with Gasteiger partial charge < -0.3 is 21.1 Å². The maximum absolute atomic E-state index is 13.3. The Labute approximate surface area is 179 Å². The lowest BCUT2D eigenvalue weighted by Crippen LogP contribution is -2.30. The van der Waals surface area contributed by atoms with Crippen molar-refractivity contribution in [2.24, 2.45) is 5.73 Å². The van der Waals surface area contributed by atoms with Crippen molar-refractivity contribution in [2.75, 3.05) is 25.6 Å². The number of carbonyl (C=O) groups excluding carboxylic acids is 1. The minimum absolute atomic E-state index is 0.317. The summed E-state index contributed by atoms with van der Waals surface area (Å²) in [7, 11) is 1.61. The summed E-state index contributed by atoms with van der Waals surface area (Å²) in [6, 6.07) is 11.2. The van der Waals surface area contributed by atoms with Gasteiger partial charge in [-0.25, -0.2) is 9.78 Å². The summed E-state index contributed by atoms with van der Waals surface area (Å²) in [5.41, 5.74) is 7.32. The van der Waals surface area contributed by atoms with Gasteiger partial charge >= 0.3 is 6.03 Å². The van der Waals surface area contributed by atoms with Gasteiger partial charge in [0.25, 0.3) is 5.56 Å². The van der Waals surface area contributed by atoms with E-state index < -0.39 is 6.04 Å². The standard InChI is InChI=1S/C21H24ClN5O3/c1-13(23)19-26-17-9-4-8-16(22)18(17)20(28)27(19)15-7-3-6-14(12-15)25-21(29)24-10-5-11-30-2/h3-4,6-9,12-13H,5,10-11,23H2,1-2H3,(H2,24,25,29). The van der Waals surface area contributed by atoms with Gasteiger partial charge in [-0.3, -0.25) is 9.36 Å². The SMILES string of the molecule is COCCCNC(=O)Nc1cccc(-n2c(C(C)N)nc3cccc(Cl)c3c2=O)c1. The highest BCUT2D eigenvalue weighted by molar-refractivity contribution is 6.35. The van der Waals surface area contributed by atoms with Crippen LogP contribution in [0.1, 0.15) is 25.2 Å². The fourth-order valence-electron chi connectivity index (χ4n) is 3.08. The topological polar surface area (TPSA) is 111 Å². The van der Waals surface area contributed by atoms with Crippen molar-refractivity contribution in [3.8, 4) is 5.69 Å². The predicted molar refractivity (Wildman–Crippen MR) is 118 cm³/mol. The number of aromatic nitrogens is 2. The van der Waals surface area contributed by atoms with Crippen molar-refractivity contribution in [1.29, 1.82) is 0 Å². The second-order valence-corrected chi connectivity index (χ2v) is 7.22. The maximum Gasteiger partial charge on any atom is 0.319 e. The Kier molecular flexibility index (Phi) is 7.04. The zero-order valence-corrected chi connectivity index (χ0v) is 17.6. The molecule has 2 aromatic carbocycles. The Morgan fingerprint density at radius 3 is 2.80 bits per heavy atom. The summed E-state index contributed by atoms with van der Waals surface area (Å²) >= 11 is 6.27. The van der Waals surface area contributed by atoms with Crippen LogP contribution in [0, 0.1) is 0 Å². The van der Waals surface area contributed by atoms with Gasteiger partial charge in [0, 0.05) is 25.9 Å². The van der Waals surface area contributed by atoms with Crippen LogP contribution in [-0.2, 0) is 4.74 Å². The van der Waals surface area contributed by atoms with E-state index >= 15 is 0 Å². The zero-order chi connectivity index (χ0) is 21.7. The van der Waals surface area contributed by atoms with E-state index in [1.54, 1.807) is 56.5 Å². The summed E-state index contributed by atoms with van der Waals surface area (Å²) < 4.78 is 6.39. The van der Waals surface area contributed by atoms with Crippen molar-refractivity contribution < 1.29 is 9.53 Å². The molecular weight excluding hydrogens is 406 g/mol. The van der Waals surface area contributed by atoms with Crippen molar-refractivity contribution in [2.45, 2.75) is 19.4 Å². The molecule has 0 fully saturated rings. The number of rotatable bonds is 7. The van der Waals surface area contributed by atoms with Crippen LogP contribution >= 0.6 is 11.6 Å². The molecule has 8 nitrogen and oxygen atoms in total. The van der Waals surface area contributed by atoms with Gasteiger partial charge in [-0.15, -0.1) is 0 Å². The molecule has 1 heterocycles. The Hall–Kier alpha value is -2.94. The Morgan fingerprint density at radius 2 is 2.07 bits per heavy atom. The number of carbonyl (C=O) groups is 1. The molecular formula is C21H24ClN5O3. The number of methoxy groups -OCH3 is 1. The molecule has 2 amide bonds. The van der Waals surface area contributed by atoms with Crippen molar-refractivity contribution in [1.82, 2.24) is 14.9 Å². The zero-order valence-electron chi connectivity index (χ0n) is 16.8. The Bertz CT molecular complexity index is 1110. The van der Waals surface area contributed by atoms with Gasteiger partial charge in [-0.2, -0.15) is 0 Å². The van der Waals surface area contributed by atoms with Crippen LogP contribution in [0.4, 0.5) is 10.5 Å². The highest BCUT2D eigenvalue weighted by atomic mass is 35.5. The van der Waals surface area contributed by atoms with E-state index in [0.717, 1.165) is 0 Å². The first-order valence-corrected chi connectivity index (χ1v) is 9.91. The van der Waals surface area contributed by atoms with Gasteiger partial charge in [0.05, 0.1) is 27.7 Å². The molecule has 0 aliphatic rings. The maximum atomic E-state index is 13.3. The van der Waals surface area contributed by atoms with Crippen LogP contribution in [0.2, 0.25) is 5.02 Å². The number of halogens is 1. The van der Waals surface area contributed by atoms with Crippen LogP contribution in [0.25, 0.3) is 16.6 Å². The smallest absolute Gasteiger partial charge is 0.319 e. The Balaban J connectivity index is 1.98. The summed E-state index contributed by atoms with van der Waals surface area (Å²) in [5, 5.41) is 6.15. The molecule has 158 valence electrons. The largest absolute Gasteiger partial charge is 0.385 e. The lowest BCUT2D eigenvalue weighted by atomic mass is 10.2. The average Bonchev–Trinajstić information content (AvgIpc) is 2.71. The molecule has 30 heavy (non-hydrogen) atoms. The van der Waals surface area contributed by atoms with E-state index in [0.29, 0.717) is 52.7 Å². The molecule has 0 saturated heterocycles. The van der Waals surface area contributed by atoms with Gasteiger partial charge in [0.2, 0.25) is 0 Å². The summed E-state index contributed by atoms with van der Waals surface area (Å²) in [6.45, 7) is 2.81. The number of nitrogens with one attached hydrogen (secondary N) is 2. The molecule has 0 spiro atoms. The van der Waals surface area contributed by atoms with Gasteiger partial charge in [0.15, 0.2) is 0 Å². The first-order valence-electron chi connectivity index (χ1n) is 9.53. The van der Waals surface area contributed by atoms with E-state index in [9.17, 15) is 9.59 Å². The molecule has 0 aliphatic heterocycles. The number of nitrogens with zero attached hydrogens (tertiary/aromatic N) is 2. The molecule has 3 rings (SSSR count). The number of urea groups is 1. The number of fused-ring (bicyclic) bond motifs is 1. The third kappa shape index (κ3) is 4.79.